The Balaban J connectivity index is 2.16. The zero-order chi connectivity index (χ0) is 13.1. The fourth-order valence-electron chi connectivity index (χ4n) is 1.09. The van der Waals surface area contributed by atoms with Gasteiger partial charge in [-0.2, -0.15) is 0 Å². The Morgan fingerprint density at radius 1 is 1.11 bits per heavy atom. The molecular formula is C14H14O4. The van der Waals surface area contributed by atoms with Crippen molar-refractivity contribution in [3.8, 4) is 5.75 Å². The van der Waals surface area contributed by atoms with Crippen LogP contribution >= 0.6 is 0 Å². The van der Waals surface area contributed by atoms with E-state index >= 15 is 0 Å². The van der Waals surface area contributed by atoms with Crippen LogP contribution in [0.1, 0.15) is 0 Å². The topological polar surface area (TPSA) is 52.6 Å². The molecular weight excluding hydrogens is 232 g/mol. The molecule has 0 unspecified atom stereocenters. The summed E-state index contributed by atoms with van der Waals surface area (Å²) in [6.07, 6.45) is 6.82. The number of carbonyl (C=O) groups is 2. The van der Waals surface area contributed by atoms with E-state index in [-0.39, 0.29) is 13.2 Å². The molecule has 0 atom stereocenters. The van der Waals surface area contributed by atoms with Crippen LogP contribution in [0.3, 0.4) is 0 Å². The van der Waals surface area contributed by atoms with E-state index in [0.29, 0.717) is 12.0 Å². The Labute approximate surface area is 106 Å². The fraction of sp³-hybridized carbons (Fsp3) is 0.143. The van der Waals surface area contributed by atoms with Crippen LogP contribution in [-0.2, 0) is 14.3 Å². The standard InChI is InChI=1S/C14H14O4/c15-10-6-1-2-7-11-17-14(16)12-18-13-8-4-3-5-9-13/h1-10H,11-12H2/b6-1+,7-2+. The van der Waals surface area contributed by atoms with Crippen molar-refractivity contribution in [1.29, 1.82) is 0 Å². The molecule has 1 aromatic rings. The number of benzene rings is 1. The van der Waals surface area contributed by atoms with Crippen LogP contribution in [-0.4, -0.2) is 25.5 Å². The number of carbonyl (C=O) groups excluding carboxylic acids is 2. The van der Waals surface area contributed by atoms with Crippen LogP contribution < -0.4 is 4.74 Å². The summed E-state index contributed by atoms with van der Waals surface area (Å²) in [5.74, 6) is 0.182. The number of rotatable bonds is 7. The molecule has 0 aliphatic heterocycles. The summed E-state index contributed by atoms with van der Waals surface area (Å²) in [7, 11) is 0. The van der Waals surface area contributed by atoms with Crippen molar-refractivity contribution in [2.45, 2.75) is 0 Å². The first kappa shape index (κ1) is 13.7. The molecule has 1 rings (SSSR count). The molecule has 0 radical (unpaired) electrons. The highest BCUT2D eigenvalue weighted by Gasteiger charge is 2.02. The number of allylic oxidation sites excluding steroid dienone is 3. The molecule has 0 bridgehead atoms. The zero-order valence-electron chi connectivity index (χ0n) is 9.82. The highest BCUT2D eigenvalue weighted by atomic mass is 16.6. The van der Waals surface area contributed by atoms with Crippen molar-refractivity contribution in [2.24, 2.45) is 0 Å². The summed E-state index contributed by atoms with van der Waals surface area (Å²) in [6.45, 7) is 0.0300. The van der Waals surface area contributed by atoms with Gasteiger partial charge in [0.25, 0.3) is 0 Å². The molecule has 0 aliphatic rings. The van der Waals surface area contributed by atoms with Gasteiger partial charge in [0.05, 0.1) is 0 Å². The van der Waals surface area contributed by atoms with Crippen LogP contribution in [0.25, 0.3) is 0 Å². The van der Waals surface area contributed by atoms with Crippen LogP contribution in [0.5, 0.6) is 5.75 Å². The lowest BCUT2D eigenvalue weighted by atomic mass is 10.3. The van der Waals surface area contributed by atoms with Gasteiger partial charge < -0.3 is 9.47 Å². The third-order valence-electron chi connectivity index (χ3n) is 1.88. The van der Waals surface area contributed by atoms with Crippen molar-refractivity contribution >= 4 is 12.3 Å². The molecule has 0 aromatic heterocycles. The van der Waals surface area contributed by atoms with E-state index in [1.165, 1.54) is 6.08 Å². The van der Waals surface area contributed by atoms with Crippen molar-refractivity contribution < 1.29 is 19.1 Å². The largest absolute Gasteiger partial charge is 0.482 e. The van der Waals surface area contributed by atoms with E-state index < -0.39 is 5.97 Å². The Kier molecular flexibility index (Phi) is 6.66. The molecule has 0 saturated carbocycles. The summed E-state index contributed by atoms with van der Waals surface area (Å²) in [5.41, 5.74) is 0. The van der Waals surface area contributed by atoms with E-state index in [4.69, 9.17) is 9.47 Å². The van der Waals surface area contributed by atoms with Crippen LogP contribution in [0.4, 0.5) is 0 Å². The van der Waals surface area contributed by atoms with Gasteiger partial charge in [0.15, 0.2) is 6.61 Å². The molecule has 0 spiro atoms. The molecule has 4 nitrogen and oxygen atoms in total. The average Bonchev–Trinajstić information content (AvgIpc) is 2.41. The second-order valence-electron chi connectivity index (χ2n) is 3.23. The second-order valence-corrected chi connectivity index (χ2v) is 3.23. The average molecular weight is 246 g/mol. The molecule has 0 saturated heterocycles. The Hall–Kier alpha value is -2.36. The van der Waals surface area contributed by atoms with Gasteiger partial charge in [0.1, 0.15) is 18.6 Å². The predicted octanol–water partition coefficient (Wildman–Crippen LogP) is 1.92. The van der Waals surface area contributed by atoms with Gasteiger partial charge in [-0.3, -0.25) is 4.79 Å². The monoisotopic (exact) mass is 246 g/mol. The van der Waals surface area contributed by atoms with Gasteiger partial charge >= 0.3 is 5.97 Å². The van der Waals surface area contributed by atoms with Crippen molar-refractivity contribution in [1.82, 2.24) is 0 Å². The minimum atomic E-state index is -0.442. The lowest BCUT2D eigenvalue weighted by molar-refractivity contribution is -0.144. The number of ether oxygens (including phenoxy) is 2. The highest BCUT2D eigenvalue weighted by molar-refractivity contribution is 5.71. The quantitative estimate of drug-likeness (QED) is 0.319. The maximum atomic E-state index is 11.2. The third-order valence-corrected chi connectivity index (χ3v) is 1.88. The van der Waals surface area contributed by atoms with E-state index in [2.05, 4.69) is 0 Å². The van der Waals surface area contributed by atoms with E-state index in [0.717, 1.165) is 0 Å². The first-order valence-electron chi connectivity index (χ1n) is 5.43. The molecule has 0 heterocycles. The second kappa shape index (κ2) is 8.75. The fourth-order valence-corrected chi connectivity index (χ4v) is 1.09. The molecule has 18 heavy (non-hydrogen) atoms. The van der Waals surface area contributed by atoms with E-state index in [9.17, 15) is 9.59 Å². The highest BCUT2D eigenvalue weighted by Crippen LogP contribution is 2.07. The molecule has 4 heteroatoms. The maximum Gasteiger partial charge on any atom is 0.344 e. The van der Waals surface area contributed by atoms with Gasteiger partial charge in [-0.05, 0) is 24.3 Å². The number of hydrogen-bond donors (Lipinski definition) is 0. The molecule has 1 aromatic carbocycles. The minimum Gasteiger partial charge on any atom is -0.482 e. The molecule has 0 amide bonds. The summed E-state index contributed by atoms with van der Waals surface area (Å²) >= 11 is 0. The van der Waals surface area contributed by atoms with Crippen molar-refractivity contribution in [2.75, 3.05) is 13.2 Å². The smallest absolute Gasteiger partial charge is 0.344 e. The molecule has 94 valence electrons. The number of hydrogen-bond acceptors (Lipinski definition) is 4. The lowest BCUT2D eigenvalue weighted by Crippen LogP contribution is -2.14. The molecule has 0 N–H and O–H groups in total. The Bertz CT molecular complexity index is 421. The van der Waals surface area contributed by atoms with E-state index in [1.54, 1.807) is 30.4 Å². The van der Waals surface area contributed by atoms with E-state index in [1.807, 2.05) is 18.2 Å². The van der Waals surface area contributed by atoms with Gasteiger partial charge in [0, 0.05) is 0 Å². The molecule has 0 aliphatic carbocycles. The molecule has 0 fully saturated rings. The number of para-hydroxylation sites is 1. The number of esters is 1. The van der Waals surface area contributed by atoms with Gasteiger partial charge in [-0.25, -0.2) is 4.79 Å². The summed E-state index contributed by atoms with van der Waals surface area (Å²) in [4.78, 5) is 21.2. The van der Waals surface area contributed by atoms with Crippen molar-refractivity contribution in [3.05, 3.63) is 54.6 Å². The van der Waals surface area contributed by atoms with Crippen LogP contribution in [0, 0.1) is 0 Å². The van der Waals surface area contributed by atoms with Crippen LogP contribution in [0.15, 0.2) is 54.6 Å². The first-order chi connectivity index (χ1) is 8.83. The summed E-state index contributed by atoms with van der Waals surface area (Å²) < 4.78 is 10.1. The SMILES string of the molecule is O=C/C=C/C=C/COC(=O)COc1ccccc1. The summed E-state index contributed by atoms with van der Waals surface area (Å²) in [6, 6.07) is 9.03. The van der Waals surface area contributed by atoms with Gasteiger partial charge in [-0.15, -0.1) is 0 Å². The van der Waals surface area contributed by atoms with Gasteiger partial charge in [-0.1, -0.05) is 30.4 Å². The first-order valence-corrected chi connectivity index (χ1v) is 5.43. The van der Waals surface area contributed by atoms with Gasteiger partial charge in [0.2, 0.25) is 0 Å². The number of aldehydes is 1. The third kappa shape index (κ3) is 6.27. The predicted molar refractivity (Wildman–Crippen MR) is 67.2 cm³/mol. The Morgan fingerprint density at radius 2 is 1.89 bits per heavy atom. The lowest BCUT2D eigenvalue weighted by Gasteiger charge is -2.04. The zero-order valence-corrected chi connectivity index (χ0v) is 9.82. The van der Waals surface area contributed by atoms with Crippen molar-refractivity contribution in [3.63, 3.8) is 0 Å². The normalized spacial score (nSPS) is 10.7. The summed E-state index contributed by atoms with van der Waals surface area (Å²) in [5, 5.41) is 0. The maximum absolute atomic E-state index is 11.2. The minimum absolute atomic E-state index is 0.123. The Morgan fingerprint density at radius 3 is 2.61 bits per heavy atom. The van der Waals surface area contributed by atoms with Crippen LogP contribution in [0.2, 0.25) is 0 Å².